The normalized spacial score (nSPS) is 19.1. The number of benzene rings is 1. The van der Waals surface area contributed by atoms with Crippen LogP contribution in [0.3, 0.4) is 0 Å². The fourth-order valence-electron chi connectivity index (χ4n) is 4.13. The lowest BCUT2D eigenvalue weighted by Crippen LogP contribution is -2.54. The molecule has 1 spiro atoms. The Bertz CT molecular complexity index is 708. The minimum atomic E-state index is -0.197. The Morgan fingerprint density at radius 1 is 1.19 bits per heavy atom. The van der Waals surface area contributed by atoms with Crippen LogP contribution in [0.5, 0.6) is 0 Å². The van der Waals surface area contributed by atoms with Crippen molar-refractivity contribution in [3.63, 3.8) is 0 Å². The lowest BCUT2D eigenvalue weighted by atomic mass is 9.84. The van der Waals surface area contributed by atoms with Gasteiger partial charge < -0.3 is 15.1 Å². The van der Waals surface area contributed by atoms with E-state index in [2.05, 4.69) is 30.4 Å². The highest BCUT2D eigenvalue weighted by atomic mass is 16.2. The van der Waals surface area contributed by atoms with Crippen molar-refractivity contribution in [2.45, 2.75) is 51.6 Å². The zero-order valence-corrected chi connectivity index (χ0v) is 15.6. The van der Waals surface area contributed by atoms with Crippen molar-refractivity contribution in [3.05, 3.63) is 35.4 Å². The van der Waals surface area contributed by atoms with Crippen LogP contribution in [0.25, 0.3) is 0 Å². The van der Waals surface area contributed by atoms with Crippen molar-refractivity contribution in [1.29, 1.82) is 0 Å². The summed E-state index contributed by atoms with van der Waals surface area (Å²) in [6.07, 6.45) is 3.06. The quantitative estimate of drug-likeness (QED) is 0.890. The smallest absolute Gasteiger partial charge is 0.241 e. The van der Waals surface area contributed by atoms with E-state index in [1.165, 1.54) is 12.5 Å². The van der Waals surface area contributed by atoms with Crippen molar-refractivity contribution in [1.82, 2.24) is 15.1 Å². The molecule has 6 nitrogen and oxygen atoms in total. The third kappa shape index (κ3) is 3.89. The van der Waals surface area contributed by atoms with Crippen LogP contribution in [0.15, 0.2) is 24.3 Å². The first-order chi connectivity index (χ1) is 12.4. The molecule has 0 saturated carbocycles. The summed E-state index contributed by atoms with van der Waals surface area (Å²) in [5, 5.41) is 2.56. The lowest BCUT2D eigenvalue weighted by Gasteiger charge is -2.45. The number of nitrogens with zero attached hydrogens (tertiary/aromatic N) is 2. The first-order valence-electron chi connectivity index (χ1n) is 9.28. The molecule has 0 radical (unpaired) electrons. The zero-order chi connectivity index (χ0) is 18.7. The molecule has 2 heterocycles. The number of carbonyl (C=O) groups excluding carboxylic acids is 3. The average Bonchev–Trinajstić information content (AvgIpc) is 2.90. The van der Waals surface area contributed by atoms with E-state index in [4.69, 9.17) is 0 Å². The van der Waals surface area contributed by atoms with E-state index in [1.54, 1.807) is 4.90 Å². The summed E-state index contributed by atoms with van der Waals surface area (Å²) in [7, 11) is 0. The minimum Gasteiger partial charge on any atom is -0.347 e. The number of aryl methyl sites for hydroxylation is 1. The van der Waals surface area contributed by atoms with Crippen LogP contribution < -0.4 is 5.32 Å². The molecule has 0 unspecified atom stereocenters. The van der Waals surface area contributed by atoms with Gasteiger partial charge in [0.25, 0.3) is 0 Å². The van der Waals surface area contributed by atoms with Crippen molar-refractivity contribution in [2.75, 3.05) is 19.6 Å². The minimum absolute atomic E-state index is 0.0499. The highest BCUT2D eigenvalue weighted by molar-refractivity contribution is 5.84. The molecule has 0 aliphatic carbocycles. The van der Waals surface area contributed by atoms with E-state index in [1.807, 2.05) is 11.0 Å². The van der Waals surface area contributed by atoms with Crippen LogP contribution in [-0.4, -0.2) is 52.7 Å². The number of hydrogen-bond donors (Lipinski definition) is 1. The first-order valence-corrected chi connectivity index (χ1v) is 9.28. The second-order valence-electron chi connectivity index (χ2n) is 7.48. The predicted molar refractivity (Wildman–Crippen MR) is 98.2 cm³/mol. The Labute approximate surface area is 154 Å². The molecular weight excluding hydrogens is 330 g/mol. The maximum atomic E-state index is 12.5. The Balaban J connectivity index is 1.65. The summed E-state index contributed by atoms with van der Waals surface area (Å²) in [5.74, 6) is -0.0355. The molecule has 6 heteroatoms. The van der Waals surface area contributed by atoms with Crippen molar-refractivity contribution < 1.29 is 14.4 Å². The van der Waals surface area contributed by atoms with Gasteiger partial charge in [-0.25, -0.2) is 0 Å². The predicted octanol–water partition coefficient (Wildman–Crippen LogP) is 1.61. The molecule has 0 bridgehead atoms. The molecule has 2 saturated heterocycles. The number of amides is 3. The monoisotopic (exact) mass is 357 g/mol. The maximum Gasteiger partial charge on any atom is 0.241 e. The number of hydrogen-bond acceptors (Lipinski definition) is 3. The van der Waals surface area contributed by atoms with Crippen molar-refractivity contribution in [3.8, 4) is 0 Å². The number of likely N-dealkylation sites (tertiary alicyclic amines) is 2. The number of piperidine rings is 1. The van der Waals surface area contributed by atoms with Gasteiger partial charge in [0, 0.05) is 38.5 Å². The van der Waals surface area contributed by atoms with Crippen molar-refractivity contribution >= 4 is 17.7 Å². The van der Waals surface area contributed by atoms with Crippen LogP contribution >= 0.6 is 0 Å². The average molecular weight is 357 g/mol. The van der Waals surface area contributed by atoms with Crippen LogP contribution in [0.4, 0.5) is 0 Å². The van der Waals surface area contributed by atoms with E-state index in [9.17, 15) is 14.4 Å². The molecule has 140 valence electrons. The fourth-order valence-corrected chi connectivity index (χ4v) is 4.13. The molecule has 0 aromatic heterocycles. The highest BCUT2D eigenvalue weighted by Gasteiger charge is 2.47. The molecule has 1 N–H and O–H groups in total. The van der Waals surface area contributed by atoms with Crippen LogP contribution in [-0.2, 0) is 20.9 Å². The fraction of sp³-hybridized carbons (Fsp3) is 0.550. The lowest BCUT2D eigenvalue weighted by molar-refractivity contribution is -0.137. The summed E-state index contributed by atoms with van der Waals surface area (Å²) in [4.78, 5) is 39.6. The molecule has 2 aliphatic rings. The Morgan fingerprint density at radius 2 is 1.92 bits per heavy atom. The van der Waals surface area contributed by atoms with Gasteiger partial charge in [-0.3, -0.25) is 14.4 Å². The molecule has 2 fully saturated rings. The van der Waals surface area contributed by atoms with Gasteiger partial charge in [-0.2, -0.15) is 0 Å². The van der Waals surface area contributed by atoms with Gasteiger partial charge >= 0.3 is 0 Å². The molecule has 26 heavy (non-hydrogen) atoms. The standard InChI is InChI=1S/C20H27N3O3/c1-15-4-3-5-17(12-15)14-23-18(25)6-7-20(23)8-10-22(11-9-20)19(26)13-21-16(2)24/h3-5,12H,6-11,13-14H2,1-2H3,(H,21,24). The van der Waals surface area contributed by atoms with Gasteiger partial charge in [-0.1, -0.05) is 29.8 Å². The Kier molecular flexibility index (Phi) is 5.30. The second-order valence-corrected chi connectivity index (χ2v) is 7.48. The van der Waals surface area contributed by atoms with Gasteiger partial charge in [0.05, 0.1) is 6.54 Å². The molecular formula is C20H27N3O3. The van der Waals surface area contributed by atoms with Gasteiger partial charge in [-0.15, -0.1) is 0 Å². The summed E-state index contributed by atoms with van der Waals surface area (Å²) < 4.78 is 0. The third-order valence-electron chi connectivity index (χ3n) is 5.64. The molecule has 2 aliphatic heterocycles. The van der Waals surface area contributed by atoms with Crippen LogP contribution in [0, 0.1) is 6.92 Å². The third-order valence-corrected chi connectivity index (χ3v) is 5.64. The Hall–Kier alpha value is -2.37. The molecule has 3 rings (SSSR count). The van der Waals surface area contributed by atoms with Gasteiger partial charge in [-0.05, 0) is 31.7 Å². The highest BCUT2D eigenvalue weighted by Crippen LogP contribution is 2.40. The van der Waals surface area contributed by atoms with Gasteiger partial charge in [0.15, 0.2) is 0 Å². The number of rotatable bonds is 4. The molecule has 1 aromatic rings. The topological polar surface area (TPSA) is 69.7 Å². The molecule has 3 amide bonds. The van der Waals surface area contributed by atoms with E-state index in [-0.39, 0.29) is 29.8 Å². The van der Waals surface area contributed by atoms with Gasteiger partial charge in [0.1, 0.15) is 0 Å². The van der Waals surface area contributed by atoms with Crippen molar-refractivity contribution in [2.24, 2.45) is 0 Å². The molecule has 0 atom stereocenters. The molecule has 1 aromatic carbocycles. The first kappa shape index (κ1) is 18.4. The SMILES string of the molecule is CC(=O)NCC(=O)N1CCC2(CCC(=O)N2Cc2cccc(C)c2)CC1. The largest absolute Gasteiger partial charge is 0.347 e. The van der Waals surface area contributed by atoms with Crippen LogP contribution in [0.1, 0.15) is 43.7 Å². The Morgan fingerprint density at radius 3 is 2.58 bits per heavy atom. The zero-order valence-electron chi connectivity index (χ0n) is 15.6. The summed E-state index contributed by atoms with van der Waals surface area (Å²) >= 11 is 0. The van der Waals surface area contributed by atoms with E-state index >= 15 is 0 Å². The van der Waals surface area contributed by atoms with Crippen LogP contribution in [0.2, 0.25) is 0 Å². The van der Waals surface area contributed by atoms with Gasteiger partial charge in [0.2, 0.25) is 17.7 Å². The van der Waals surface area contributed by atoms with E-state index in [0.29, 0.717) is 26.1 Å². The summed E-state index contributed by atoms with van der Waals surface area (Å²) in [5.41, 5.74) is 2.22. The van der Waals surface area contributed by atoms with E-state index < -0.39 is 0 Å². The number of carbonyl (C=O) groups is 3. The van der Waals surface area contributed by atoms with E-state index in [0.717, 1.165) is 24.8 Å². The summed E-state index contributed by atoms with van der Waals surface area (Å²) in [6, 6.07) is 8.29. The second kappa shape index (κ2) is 7.48. The number of nitrogens with one attached hydrogen (secondary N) is 1. The summed E-state index contributed by atoms with van der Waals surface area (Å²) in [6.45, 7) is 5.43. The maximum absolute atomic E-state index is 12.5.